The van der Waals surface area contributed by atoms with Gasteiger partial charge in [0.05, 0.1) is 22.5 Å². The molecule has 33 heavy (non-hydrogen) atoms. The molecule has 2 saturated heterocycles. The van der Waals surface area contributed by atoms with Crippen LogP contribution in [0.5, 0.6) is 0 Å². The summed E-state index contributed by atoms with van der Waals surface area (Å²) in [4.78, 5) is 22.0. The highest BCUT2D eigenvalue weighted by atomic mass is 32.2. The third-order valence-corrected chi connectivity index (χ3v) is 7.20. The second-order valence-electron chi connectivity index (χ2n) is 8.25. The lowest BCUT2D eigenvalue weighted by Gasteiger charge is -2.36. The number of hydrogen-bond donors (Lipinski definition) is 1. The van der Waals surface area contributed by atoms with Gasteiger partial charge in [-0.2, -0.15) is 5.10 Å². The molecular weight excluding hydrogens is 452 g/mol. The number of thiocarbonyl (C=S) groups is 1. The Morgan fingerprint density at radius 3 is 2.61 bits per heavy atom. The molecule has 170 valence electrons. The predicted octanol–water partition coefficient (Wildman–Crippen LogP) is 3.81. The molecule has 1 N–H and O–H groups in total. The lowest BCUT2D eigenvalue weighted by molar-refractivity contribution is -0.115. The van der Waals surface area contributed by atoms with Crippen LogP contribution in [0.1, 0.15) is 25.5 Å². The van der Waals surface area contributed by atoms with Crippen molar-refractivity contribution in [3.8, 4) is 11.3 Å². The van der Waals surface area contributed by atoms with E-state index in [9.17, 15) is 4.79 Å². The number of rotatable bonds is 6. The van der Waals surface area contributed by atoms with Crippen molar-refractivity contribution in [3.05, 3.63) is 53.2 Å². The predicted molar refractivity (Wildman–Crippen MR) is 138 cm³/mol. The van der Waals surface area contributed by atoms with Crippen LogP contribution in [-0.2, 0) is 4.79 Å². The molecule has 2 aliphatic rings. The van der Waals surface area contributed by atoms with Crippen LogP contribution in [-0.4, -0.2) is 62.4 Å². The van der Waals surface area contributed by atoms with Gasteiger partial charge in [-0.25, -0.2) is 9.50 Å². The van der Waals surface area contributed by atoms with Crippen molar-refractivity contribution in [3.63, 3.8) is 0 Å². The molecule has 2 aliphatic heterocycles. The van der Waals surface area contributed by atoms with Crippen LogP contribution in [0, 0.1) is 0 Å². The molecule has 3 aromatic rings. The Balaban J connectivity index is 1.34. The summed E-state index contributed by atoms with van der Waals surface area (Å²) in [5.74, 6) is -0.181. The summed E-state index contributed by atoms with van der Waals surface area (Å²) >= 11 is 6.32. The summed E-state index contributed by atoms with van der Waals surface area (Å²) in [6, 6.07) is 12.4. The number of fused-ring (bicyclic) bond motifs is 1. The van der Waals surface area contributed by atoms with E-state index < -0.39 is 0 Å². The van der Waals surface area contributed by atoms with Crippen LogP contribution in [0.4, 0.5) is 5.69 Å². The van der Waals surface area contributed by atoms with Crippen molar-refractivity contribution in [1.82, 2.24) is 24.8 Å². The number of benzene rings is 1. The first-order valence-electron chi connectivity index (χ1n) is 11.3. The maximum atomic E-state index is 12.0. The molecule has 9 heteroatoms. The summed E-state index contributed by atoms with van der Waals surface area (Å²) in [6.07, 6.45) is 6.13. The van der Waals surface area contributed by atoms with Crippen LogP contribution in [0.25, 0.3) is 23.0 Å². The van der Waals surface area contributed by atoms with Gasteiger partial charge in [-0.3, -0.25) is 9.69 Å². The van der Waals surface area contributed by atoms with Crippen LogP contribution in [0.3, 0.4) is 0 Å². The minimum absolute atomic E-state index is 0.181. The number of carbonyl (C=O) groups excluding carboxylic acids is 1. The molecular formula is C24H26N6OS2. The first kappa shape index (κ1) is 22.1. The molecule has 0 radical (unpaired) electrons. The van der Waals surface area contributed by atoms with Gasteiger partial charge >= 0.3 is 0 Å². The number of nitrogens with one attached hydrogen (secondary N) is 1. The third-order valence-electron chi connectivity index (χ3n) is 6.03. The average molecular weight is 479 g/mol. The third kappa shape index (κ3) is 4.80. The number of hydrogen-bond acceptors (Lipinski definition) is 7. The fraction of sp³-hybridized carbons (Fsp3) is 0.333. The van der Waals surface area contributed by atoms with E-state index in [0.717, 1.165) is 43.1 Å². The standard InChI is InChI=1S/C24H26N6OS2/c1-2-3-10-28-11-13-29(14-12-28)19-7-4-17(5-8-19)20-16-25-22-9-6-18(27-30(20)22)15-21-23(31)26-24(32)33-21/h4-9,15-16H,2-3,10-14H2,1H3,(H,26,31,32)/b21-15-. The van der Waals surface area contributed by atoms with Crippen molar-refractivity contribution in [2.45, 2.75) is 19.8 Å². The fourth-order valence-electron chi connectivity index (χ4n) is 4.17. The number of carbonyl (C=O) groups is 1. The van der Waals surface area contributed by atoms with E-state index in [1.807, 2.05) is 22.8 Å². The van der Waals surface area contributed by atoms with Gasteiger partial charge in [-0.15, -0.1) is 0 Å². The van der Waals surface area contributed by atoms with Crippen molar-refractivity contribution >= 4 is 51.6 Å². The summed E-state index contributed by atoms with van der Waals surface area (Å²) in [5, 5.41) is 7.34. The van der Waals surface area contributed by atoms with Gasteiger partial charge < -0.3 is 10.2 Å². The number of amides is 1. The molecule has 0 atom stereocenters. The van der Waals surface area contributed by atoms with E-state index >= 15 is 0 Å². The van der Waals surface area contributed by atoms with Gasteiger partial charge in [0.2, 0.25) is 0 Å². The van der Waals surface area contributed by atoms with Gasteiger partial charge in [0.25, 0.3) is 5.91 Å². The smallest absolute Gasteiger partial charge is 0.263 e. The minimum Gasteiger partial charge on any atom is -0.369 e. The van der Waals surface area contributed by atoms with Crippen molar-refractivity contribution in [2.24, 2.45) is 0 Å². The molecule has 0 unspecified atom stereocenters. The molecule has 2 fully saturated rings. The maximum Gasteiger partial charge on any atom is 0.263 e. The maximum absolute atomic E-state index is 12.0. The number of thioether (sulfide) groups is 1. The van der Waals surface area contributed by atoms with E-state index in [0.29, 0.717) is 14.9 Å². The summed E-state index contributed by atoms with van der Waals surface area (Å²) in [5.41, 5.74) is 4.67. The molecule has 4 heterocycles. The Morgan fingerprint density at radius 2 is 1.91 bits per heavy atom. The normalized spacial score (nSPS) is 18.5. The number of unbranched alkanes of at least 4 members (excludes halogenated alkanes) is 1. The average Bonchev–Trinajstić information content (AvgIpc) is 3.40. The Hall–Kier alpha value is -2.75. The van der Waals surface area contributed by atoms with Gasteiger partial charge in [0.15, 0.2) is 5.65 Å². The Kier molecular flexibility index (Phi) is 6.43. The lowest BCUT2D eigenvalue weighted by Crippen LogP contribution is -2.46. The monoisotopic (exact) mass is 478 g/mol. The summed E-state index contributed by atoms with van der Waals surface area (Å²) in [6.45, 7) is 7.83. The molecule has 0 bridgehead atoms. The van der Waals surface area contributed by atoms with E-state index in [1.54, 1.807) is 6.08 Å². The van der Waals surface area contributed by atoms with Crippen molar-refractivity contribution in [2.75, 3.05) is 37.6 Å². The highest BCUT2D eigenvalue weighted by molar-refractivity contribution is 8.26. The Labute approximate surface area is 202 Å². The second-order valence-corrected chi connectivity index (χ2v) is 9.97. The summed E-state index contributed by atoms with van der Waals surface area (Å²) in [7, 11) is 0. The van der Waals surface area contributed by atoms with E-state index in [-0.39, 0.29) is 5.91 Å². The van der Waals surface area contributed by atoms with E-state index in [2.05, 4.69) is 51.3 Å². The molecule has 1 aromatic carbocycles. The molecule has 2 aromatic heterocycles. The first-order chi connectivity index (χ1) is 16.1. The lowest BCUT2D eigenvalue weighted by atomic mass is 10.1. The Bertz CT molecular complexity index is 1210. The zero-order valence-corrected chi connectivity index (χ0v) is 20.2. The highest BCUT2D eigenvalue weighted by Crippen LogP contribution is 2.27. The molecule has 0 aliphatic carbocycles. The quantitative estimate of drug-likeness (QED) is 0.427. The van der Waals surface area contributed by atoms with Crippen molar-refractivity contribution < 1.29 is 4.79 Å². The largest absolute Gasteiger partial charge is 0.369 e. The van der Waals surface area contributed by atoms with Crippen LogP contribution < -0.4 is 10.2 Å². The van der Waals surface area contributed by atoms with Gasteiger partial charge in [0, 0.05) is 37.4 Å². The topological polar surface area (TPSA) is 65.8 Å². The molecule has 7 nitrogen and oxygen atoms in total. The molecule has 0 saturated carbocycles. The molecule has 1 amide bonds. The zero-order chi connectivity index (χ0) is 22.8. The fourth-order valence-corrected chi connectivity index (χ4v) is 5.20. The van der Waals surface area contributed by atoms with Crippen LogP contribution in [0.15, 0.2) is 47.5 Å². The second kappa shape index (κ2) is 9.62. The van der Waals surface area contributed by atoms with E-state index in [1.165, 1.54) is 36.8 Å². The molecule has 5 rings (SSSR count). The number of piperazine rings is 1. The number of aromatic nitrogens is 3. The number of nitrogens with zero attached hydrogens (tertiary/aromatic N) is 5. The van der Waals surface area contributed by atoms with E-state index in [4.69, 9.17) is 17.3 Å². The van der Waals surface area contributed by atoms with Crippen molar-refractivity contribution in [1.29, 1.82) is 0 Å². The SMILES string of the molecule is CCCCN1CCN(c2ccc(-c3cnc4ccc(/C=C5\SC(=S)NC5=O)nn34)cc2)CC1. The summed E-state index contributed by atoms with van der Waals surface area (Å²) < 4.78 is 2.29. The molecule has 0 spiro atoms. The first-order valence-corrected chi connectivity index (χ1v) is 12.5. The number of imidazole rings is 1. The van der Waals surface area contributed by atoms with Gasteiger partial charge in [-0.05, 0) is 43.3 Å². The van der Waals surface area contributed by atoms with Gasteiger partial charge in [0.1, 0.15) is 4.32 Å². The van der Waals surface area contributed by atoms with Crippen LogP contribution in [0.2, 0.25) is 0 Å². The van der Waals surface area contributed by atoms with Gasteiger partial charge in [-0.1, -0.05) is 49.5 Å². The highest BCUT2D eigenvalue weighted by Gasteiger charge is 2.22. The van der Waals surface area contributed by atoms with Crippen LogP contribution >= 0.6 is 24.0 Å². The zero-order valence-electron chi connectivity index (χ0n) is 18.5. The number of anilines is 1. The Morgan fingerprint density at radius 1 is 1.12 bits per heavy atom. The minimum atomic E-state index is -0.181.